The number of hydrogen-bond donors (Lipinski definition) is 0. The largest absolute Gasteiger partial charge is 0.300 e. The Labute approximate surface area is 73.9 Å². The number of Topliss-reactive ketones (excluding diaryl/α,β-unsaturated/α-hetero) is 1. The van der Waals surface area contributed by atoms with E-state index in [2.05, 4.69) is 13.8 Å². The van der Waals surface area contributed by atoms with Gasteiger partial charge in [0.15, 0.2) is 0 Å². The molecule has 0 aliphatic carbocycles. The minimum absolute atomic E-state index is 0.307. The molecule has 2 heteroatoms. The molecule has 0 aromatic carbocycles. The summed E-state index contributed by atoms with van der Waals surface area (Å²) in [6.07, 6.45) is 3.25. The fourth-order valence-corrected chi connectivity index (χ4v) is 2.10. The molecule has 1 atom stereocenters. The normalized spacial score (nSPS) is 13.0. The third kappa shape index (κ3) is 7.92. The van der Waals surface area contributed by atoms with Gasteiger partial charge in [-0.1, -0.05) is 20.3 Å². The van der Waals surface area contributed by atoms with Crippen molar-refractivity contribution in [2.45, 2.75) is 45.3 Å². The Balaban J connectivity index is 3.22. The van der Waals surface area contributed by atoms with E-state index in [9.17, 15) is 4.79 Å². The summed E-state index contributed by atoms with van der Waals surface area (Å²) in [4.78, 5) is 10.7. The van der Waals surface area contributed by atoms with Crippen molar-refractivity contribution in [2.24, 2.45) is 0 Å². The average Bonchev–Trinajstić information content (AvgIpc) is 1.86. The van der Waals surface area contributed by atoms with Crippen LogP contribution in [0.15, 0.2) is 0 Å². The van der Waals surface area contributed by atoms with Crippen molar-refractivity contribution in [2.75, 3.05) is 5.75 Å². The lowest BCUT2D eigenvalue weighted by atomic mass is 10.2. The molecule has 1 unspecified atom stereocenters. The standard InChI is InChI=1S/C9H18OS/c1-4-5-6-11-9(3)7-8(2)10/h9H,4-7H2,1-3H3. The molecule has 0 aromatic rings. The van der Waals surface area contributed by atoms with Crippen LogP contribution in [0, 0.1) is 0 Å². The van der Waals surface area contributed by atoms with E-state index in [4.69, 9.17) is 0 Å². The molecule has 0 heterocycles. The van der Waals surface area contributed by atoms with Crippen molar-refractivity contribution in [1.82, 2.24) is 0 Å². The number of ketones is 1. The topological polar surface area (TPSA) is 17.1 Å². The van der Waals surface area contributed by atoms with Crippen molar-refractivity contribution < 1.29 is 4.79 Å². The summed E-state index contributed by atoms with van der Waals surface area (Å²) in [6, 6.07) is 0. The van der Waals surface area contributed by atoms with Gasteiger partial charge in [0.05, 0.1) is 0 Å². The highest BCUT2D eigenvalue weighted by atomic mass is 32.2. The summed E-state index contributed by atoms with van der Waals surface area (Å²) in [6.45, 7) is 5.98. The van der Waals surface area contributed by atoms with Gasteiger partial charge in [0.2, 0.25) is 0 Å². The van der Waals surface area contributed by atoms with Gasteiger partial charge in [-0.15, -0.1) is 0 Å². The molecule has 0 aliphatic rings. The first-order chi connectivity index (χ1) is 5.16. The molecule has 0 rings (SSSR count). The van der Waals surface area contributed by atoms with E-state index in [0.29, 0.717) is 11.0 Å². The second kappa shape index (κ2) is 6.71. The SMILES string of the molecule is CCCCSC(C)CC(C)=O. The highest BCUT2D eigenvalue weighted by Gasteiger charge is 2.04. The van der Waals surface area contributed by atoms with Crippen LogP contribution >= 0.6 is 11.8 Å². The fraction of sp³-hybridized carbons (Fsp3) is 0.889. The minimum Gasteiger partial charge on any atom is -0.300 e. The molecular weight excluding hydrogens is 156 g/mol. The molecule has 1 nitrogen and oxygen atoms in total. The lowest BCUT2D eigenvalue weighted by molar-refractivity contribution is -0.116. The Morgan fingerprint density at radius 3 is 2.64 bits per heavy atom. The molecule has 11 heavy (non-hydrogen) atoms. The zero-order chi connectivity index (χ0) is 8.69. The number of thioether (sulfide) groups is 1. The van der Waals surface area contributed by atoms with E-state index < -0.39 is 0 Å². The Morgan fingerprint density at radius 2 is 2.18 bits per heavy atom. The second-order valence-corrected chi connectivity index (χ2v) is 4.49. The predicted octanol–water partition coefficient (Wildman–Crippen LogP) is 2.89. The number of hydrogen-bond acceptors (Lipinski definition) is 2. The molecule has 0 N–H and O–H groups in total. The first kappa shape index (κ1) is 11.0. The van der Waals surface area contributed by atoms with Crippen molar-refractivity contribution in [3.8, 4) is 0 Å². The van der Waals surface area contributed by atoms with Crippen LogP contribution in [-0.4, -0.2) is 16.8 Å². The summed E-state index contributed by atoms with van der Waals surface area (Å²) >= 11 is 1.91. The van der Waals surface area contributed by atoms with Crippen LogP contribution in [-0.2, 0) is 4.79 Å². The molecule has 0 spiro atoms. The van der Waals surface area contributed by atoms with Crippen molar-refractivity contribution >= 4 is 17.5 Å². The second-order valence-electron chi connectivity index (χ2n) is 2.94. The number of carbonyl (C=O) groups excluding carboxylic acids is 1. The molecule has 0 amide bonds. The Kier molecular flexibility index (Phi) is 6.73. The van der Waals surface area contributed by atoms with Crippen LogP contribution in [0.1, 0.15) is 40.0 Å². The smallest absolute Gasteiger partial charge is 0.130 e. The van der Waals surface area contributed by atoms with Gasteiger partial charge in [-0.3, -0.25) is 4.79 Å². The molecule has 0 aliphatic heterocycles. The van der Waals surface area contributed by atoms with E-state index >= 15 is 0 Å². The number of carbonyl (C=O) groups is 1. The van der Waals surface area contributed by atoms with Crippen LogP contribution in [0.4, 0.5) is 0 Å². The third-order valence-corrected chi connectivity index (χ3v) is 2.74. The van der Waals surface area contributed by atoms with Crippen LogP contribution in [0.3, 0.4) is 0 Å². The molecular formula is C9H18OS. The van der Waals surface area contributed by atoms with E-state index in [1.54, 1.807) is 6.92 Å². The summed E-state index contributed by atoms with van der Waals surface area (Å²) in [5, 5.41) is 0.513. The summed E-state index contributed by atoms with van der Waals surface area (Å²) in [5.41, 5.74) is 0. The van der Waals surface area contributed by atoms with Gasteiger partial charge >= 0.3 is 0 Å². The van der Waals surface area contributed by atoms with Gasteiger partial charge in [0.25, 0.3) is 0 Å². The average molecular weight is 174 g/mol. The van der Waals surface area contributed by atoms with Gasteiger partial charge in [-0.25, -0.2) is 0 Å². The van der Waals surface area contributed by atoms with Gasteiger partial charge in [-0.2, -0.15) is 11.8 Å². The molecule has 0 aromatic heterocycles. The lowest BCUT2D eigenvalue weighted by Gasteiger charge is -2.07. The van der Waals surface area contributed by atoms with Crippen molar-refractivity contribution in [3.05, 3.63) is 0 Å². The Morgan fingerprint density at radius 1 is 1.55 bits per heavy atom. The van der Waals surface area contributed by atoms with E-state index in [0.717, 1.165) is 6.42 Å². The van der Waals surface area contributed by atoms with Crippen LogP contribution in [0.25, 0.3) is 0 Å². The summed E-state index contributed by atoms with van der Waals surface area (Å²) < 4.78 is 0. The van der Waals surface area contributed by atoms with Gasteiger partial charge in [0, 0.05) is 11.7 Å². The lowest BCUT2D eigenvalue weighted by Crippen LogP contribution is -2.03. The van der Waals surface area contributed by atoms with E-state index in [1.807, 2.05) is 11.8 Å². The van der Waals surface area contributed by atoms with Crippen molar-refractivity contribution in [3.63, 3.8) is 0 Å². The quantitative estimate of drug-likeness (QED) is 0.576. The van der Waals surface area contributed by atoms with Crippen LogP contribution in [0.5, 0.6) is 0 Å². The fourth-order valence-electron chi connectivity index (χ4n) is 0.893. The predicted molar refractivity (Wildman–Crippen MR) is 52.1 cm³/mol. The zero-order valence-corrected chi connectivity index (χ0v) is 8.54. The molecule has 0 radical (unpaired) electrons. The maximum absolute atomic E-state index is 10.7. The minimum atomic E-state index is 0.307. The molecule has 0 bridgehead atoms. The van der Waals surface area contributed by atoms with E-state index in [-0.39, 0.29) is 0 Å². The number of rotatable bonds is 6. The van der Waals surface area contributed by atoms with Crippen LogP contribution in [0.2, 0.25) is 0 Å². The first-order valence-corrected chi connectivity index (χ1v) is 5.32. The van der Waals surface area contributed by atoms with Crippen LogP contribution < -0.4 is 0 Å². The van der Waals surface area contributed by atoms with Gasteiger partial charge in [0.1, 0.15) is 5.78 Å². The molecule has 0 fully saturated rings. The maximum atomic E-state index is 10.7. The van der Waals surface area contributed by atoms with Crippen molar-refractivity contribution in [1.29, 1.82) is 0 Å². The highest BCUT2D eigenvalue weighted by Crippen LogP contribution is 2.15. The maximum Gasteiger partial charge on any atom is 0.130 e. The molecule has 0 saturated heterocycles. The van der Waals surface area contributed by atoms with Gasteiger partial charge < -0.3 is 0 Å². The van der Waals surface area contributed by atoms with E-state index in [1.165, 1.54) is 18.6 Å². The summed E-state index contributed by atoms with van der Waals surface area (Å²) in [5.74, 6) is 1.51. The zero-order valence-electron chi connectivity index (χ0n) is 7.72. The highest BCUT2D eigenvalue weighted by molar-refractivity contribution is 7.99. The first-order valence-electron chi connectivity index (χ1n) is 4.27. The Bertz CT molecular complexity index is 112. The third-order valence-electron chi connectivity index (χ3n) is 1.48. The molecule has 66 valence electrons. The summed E-state index contributed by atoms with van der Waals surface area (Å²) in [7, 11) is 0. The Hall–Kier alpha value is 0.0200. The monoisotopic (exact) mass is 174 g/mol. The molecule has 0 saturated carbocycles. The van der Waals surface area contributed by atoms with Gasteiger partial charge in [-0.05, 0) is 19.1 Å². The number of unbranched alkanes of at least 4 members (excludes halogenated alkanes) is 1.